The quantitative estimate of drug-likeness (QED) is 0.482. The third kappa shape index (κ3) is 6.13. The number of hydrogen-bond donors (Lipinski definition) is 0. The van der Waals surface area contributed by atoms with Crippen LogP contribution in [0.5, 0.6) is 0 Å². The Morgan fingerprint density at radius 3 is 2.42 bits per heavy atom. The van der Waals surface area contributed by atoms with E-state index in [9.17, 15) is 27.6 Å². The smallest absolute Gasteiger partial charge is 0.416 e. The summed E-state index contributed by atoms with van der Waals surface area (Å²) < 4.78 is 50.8. The first kappa shape index (κ1) is 27.8. The lowest BCUT2D eigenvalue weighted by atomic mass is 9.89. The summed E-state index contributed by atoms with van der Waals surface area (Å²) in [4.78, 5) is 40.9. The van der Waals surface area contributed by atoms with Crippen LogP contribution in [0.15, 0.2) is 18.2 Å². The lowest BCUT2D eigenvalue weighted by Crippen LogP contribution is -2.53. The van der Waals surface area contributed by atoms with Crippen molar-refractivity contribution in [1.29, 1.82) is 0 Å². The fourth-order valence-corrected chi connectivity index (χ4v) is 5.34. The van der Waals surface area contributed by atoms with E-state index in [-0.39, 0.29) is 25.1 Å². The maximum absolute atomic E-state index is 13.4. The highest BCUT2D eigenvalue weighted by Gasteiger charge is 2.60. The lowest BCUT2D eigenvalue weighted by Gasteiger charge is -2.42. The summed E-state index contributed by atoms with van der Waals surface area (Å²) in [5, 5.41) is 0. The minimum atomic E-state index is -4.51. The molecule has 10 heteroatoms. The van der Waals surface area contributed by atoms with Crippen LogP contribution in [-0.4, -0.2) is 59.6 Å². The van der Waals surface area contributed by atoms with Crippen LogP contribution >= 0.6 is 0 Å². The molecule has 1 heterocycles. The van der Waals surface area contributed by atoms with Crippen molar-refractivity contribution in [3.63, 3.8) is 0 Å². The fraction of sp³-hybridized carbons (Fsp3) is 0.654. The van der Waals surface area contributed by atoms with Crippen molar-refractivity contribution in [2.45, 2.75) is 83.8 Å². The number of amides is 2. The Bertz CT molecular complexity index is 983. The topological polar surface area (TPSA) is 76.2 Å². The molecule has 1 aliphatic heterocycles. The van der Waals surface area contributed by atoms with E-state index in [4.69, 9.17) is 9.47 Å². The molecule has 2 unspecified atom stereocenters. The average Bonchev–Trinajstić information content (AvgIpc) is 3.43. The van der Waals surface area contributed by atoms with Crippen molar-refractivity contribution in [1.82, 2.24) is 9.80 Å². The van der Waals surface area contributed by atoms with Gasteiger partial charge < -0.3 is 24.1 Å². The Balaban J connectivity index is 1.97. The van der Waals surface area contributed by atoms with Crippen LogP contribution in [0.2, 0.25) is 0 Å². The molecule has 3 rings (SSSR count). The van der Waals surface area contributed by atoms with Crippen molar-refractivity contribution in [2.75, 3.05) is 13.7 Å². The molecular weight excluding hydrogens is 477 g/mol. The number of ether oxygens (including phenoxy) is 2. The number of benzene rings is 1. The first-order valence-corrected chi connectivity index (χ1v) is 12.3. The Labute approximate surface area is 209 Å². The zero-order chi connectivity index (χ0) is 26.8. The minimum Gasteiger partial charge on any atom is -0.453 e. The maximum atomic E-state index is 13.4. The number of hydrogen-bond acceptors (Lipinski definition) is 5. The van der Waals surface area contributed by atoms with E-state index in [1.165, 1.54) is 12.0 Å². The van der Waals surface area contributed by atoms with E-state index in [1.807, 2.05) is 6.92 Å². The number of nitrogens with zero attached hydrogens (tertiary/aromatic N) is 2. The largest absolute Gasteiger partial charge is 0.453 e. The monoisotopic (exact) mass is 512 g/mol. The van der Waals surface area contributed by atoms with Crippen molar-refractivity contribution in [2.24, 2.45) is 11.8 Å². The predicted molar refractivity (Wildman–Crippen MR) is 126 cm³/mol. The van der Waals surface area contributed by atoms with Gasteiger partial charge in [0.15, 0.2) is 0 Å². The number of methoxy groups -OCH3 is 1. The molecule has 1 spiro atoms. The van der Waals surface area contributed by atoms with Crippen LogP contribution in [0.3, 0.4) is 0 Å². The standard InChI is InChI=1S/C26H35F3N2O5/c1-16(2)36-24(34)31-14-19(15-32)6-7-22(12-25(31)11-18(25)4)30(23(33)35-5)13-20-8-17(3)9-21(10-20)26(27,28)29/h8-10,15-16,18-19,22H,6-7,11-14H2,1-5H3/t18-,19?,22+,25?/m0/s1. The Morgan fingerprint density at radius 2 is 1.89 bits per heavy atom. The first-order valence-electron chi connectivity index (χ1n) is 12.3. The van der Waals surface area contributed by atoms with Gasteiger partial charge in [0.1, 0.15) is 6.29 Å². The van der Waals surface area contributed by atoms with Gasteiger partial charge in [-0.2, -0.15) is 13.2 Å². The molecule has 0 bridgehead atoms. The zero-order valence-electron chi connectivity index (χ0n) is 21.4. The molecule has 4 atom stereocenters. The summed E-state index contributed by atoms with van der Waals surface area (Å²) in [7, 11) is 1.23. The van der Waals surface area contributed by atoms with Gasteiger partial charge in [-0.25, -0.2) is 9.59 Å². The molecule has 2 amide bonds. The van der Waals surface area contributed by atoms with Gasteiger partial charge in [-0.05, 0) is 70.1 Å². The number of likely N-dealkylation sites (tertiary alicyclic amines) is 1. The first-order chi connectivity index (χ1) is 16.8. The predicted octanol–water partition coefficient (Wildman–Crippen LogP) is 5.58. The molecule has 36 heavy (non-hydrogen) atoms. The van der Waals surface area contributed by atoms with E-state index in [0.717, 1.165) is 18.4 Å². The van der Waals surface area contributed by atoms with Gasteiger partial charge in [0.25, 0.3) is 0 Å². The van der Waals surface area contributed by atoms with Gasteiger partial charge in [-0.1, -0.05) is 18.6 Å². The zero-order valence-corrected chi connectivity index (χ0v) is 21.4. The molecule has 1 aliphatic carbocycles. The van der Waals surface area contributed by atoms with Crippen LogP contribution in [0.1, 0.15) is 63.1 Å². The van der Waals surface area contributed by atoms with Crippen molar-refractivity contribution in [3.05, 3.63) is 34.9 Å². The van der Waals surface area contributed by atoms with Gasteiger partial charge in [-0.15, -0.1) is 0 Å². The fourth-order valence-electron chi connectivity index (χ4n) is 5.34. The Morgan fingerprint density at radius 1 is 1.22 bits per heavy atom. The van der Waals surface area contributed by atoms with Gasteiger partial charge in [0.2, 0.25) is 0 Å². The molecule has 2 aliphatic rings. The number of alkyl halides is 3. The summed E-state index contributed by atoms with van der Waals surface area (Å²) in [5.41, 5.74) is -0.626. The summed E-state index contributed by atoms with van der Waals surface area (Å²) in [5.74, 6) is -0.340. The average molecular weight is 513 g/mol. The number of aldehydes is 1. The molecule has 0 radical (unpaired) electrons. The number of rotatable bonds is 5. The molecule has 200 valence electrons. The molecule has 7 nitrogen and oxygen atoms in total. The van der Waals surface area contributed by atoms with E-state index < -0.39 is 41.4 Å². The lowest BCUT2D eigenvalue weighted by molar-refractivity contribution is -0.137. The molecular formula is C26H35F3N2O5. The summed E-state index contributed by atoms with van der Waals surface area (Å²) in [6, 6.07) is 3.27. The molecule has 1 saturated carbocycles. The van der Waals surface area contributed by atoms with E-state index in [1.54, 1.807) is 31.7 Å². The van der Waals surface area contributed by atoms with Gasteiger partial charge in [-0.3, -0.25) is 0 Å². The molecule has 0 N–H and O–H groups in total. The third-order valence-corrected chi connectivity index (χ3v) is 7.25. The molecule has 2 fully saturated rings. The second-order valence-corrected chi connectivity index (χ2v) is 10.4. The number of carbonyl (C=O) groups is 3. The Kier molecular flexibility index (Phi) is 8.25. The number of carbonyl (C=O) groups excluding carboxylic acids is 3. The Hall–Kier alpha value is -2.78. The van der Waals surface area contributed by atoms with Crippen LogP contribution in [0.4, 0.5) is 22.8 Å². The normalized spacial score (nSPS) is 26.2. The SMILES string of the molecule is COC(=O)N(Cc1cc(C)cc(C(F)(F)F)c1)[C@@H]1CCC(C=O)CN(C(=O)OC(C)C)C2(C1)C[C@@H]2C. The molecule has 1 aromatic rings. The summed E-state index contributed by atoms with van der Waals surface area (Å²) >= 11 is 0. The van der Waals surface area contributed by atoms with Crippen molar-refractivity contribution in [3.8, 4) is 0 Å². The van der Waals surface area contributed by atoms with E-state index >= 15 is 0 Å². The highest BCUT2D eigenvalue weighted by Crippen LogP contribution is 2.54. The van der Waals surface area contributed by atoms with Crippen LogP contribution in [-0.2, 0) is 27.0 Å². The number of halogens is 3. The summed E-state index contributed by atoms with van der Waals surface area (Å²) in [6.07, 6.45) is -3.23. The second kappa shape index (κ2) is 10.7. The second-order valence-electron chi connectivity index (χ2n) is 10.4. The van der Waals surface area contributed by atoms with Crippen LogP contribution in [0.25, 0.3) is 0 Å². The van der Waals surface area contributed by atoms with Gasteiger partial charge in [0.05, 0.1) is 24.3 Å². The minimum absolute atomic E-state index is 0.0885. The van der Waals surface area contributed by atoms with Crippen molar-refractivity contribution < 1.29 is 37.0 Å². The van der Waals surface area contributed by atoms with E-state index in [0.29, 0.717) is 36.8 Å². The third-order valence-electron chi connectivity index (χ3n) is 7.25. The van der Waals surface area contributed by atoms with Gasteiger partial charge in [0, 0.05) is 25.0 Å². The van der Waals surface area contributed by atoms with Crippen LogP contribution in [0, 0.1) is 18.8 Å². The molecule has 1 aromatic carbocycles. The summed E-state index contributed by atoms with van der Waals surface area (Å²) in [6.45, 7) is 7.22. The van der Waals surface area contributed by atoms with Crippen molar-refractivity contribution >= 4 is 18.5 Å². The number of aryl methyl sites for hydroxylation is 1. The molecule has 0 aromatic heterocycles. The molecule has 1 saturated heterocycles. The highest BCUT2D eigenvalue weighted by molar-refractivity contribution is 5.71. The maximum Gasteiger partial charge on any atom is 0.416 e. The van der Waals surface area contributed by atoms with Crippen LogP contribution < -0.4 is 0 Å². The van der Waals surface area contributed by atoms with Gasteiger partial charge >= 0.3 is 18.4 Å². The highest BCUT2D eigenvalue weighted by atomic mass is 19.4. The van der Waals surface area contributed by atoms with E-state index in [2.05, 4.69) is 0 Å².